The number of benzene rings is 1. The molecule has 0 spiro atoms. The number of rotatable bonds is 4. The number of carbonyl (C=O) groups is 1. The average Bonchev–Trinajstić information content (AvgIpc) is 2.44. The summed E-state index contributed by atoms with van der Waals surface area (Å²) in [6, 6.07) is 5.12. The number of hydrogen-bond donors (Lipinski definition) is 2. The molecule has 1 aliphatic rings. The molecule has 0 aromatic heterocycles. The molecule has 1 fully saturated rings. The first-order valence-corrected chi connectivity index (χ1v) is 7.84. The van der Waals surface area contributed by atoms with Gasteiger partial charge in [-0.25, -0.2) is 0 Å². The molecule has 110 valence electrons. The third-order valence-corrected chi connectivity index (χ3v) is 4.47. The Labute approximate surface area is 130 Å². The molecule has 0 radical (unpaired) electrons. The lowest BCUT2D eigenvalue weighted by Crippen LogP contribution is -2.36. The summed E-state index contributed by atoms with van der Waals surface area (Å²) in [5.74, 6) is 0.555. The Bertz CT molecular complexity index is 473. The van der Waals surface area contributed by atoms with Gasteiger partial charge in [-0.1, -0.05) is 30.1 Å². The Balaban J connectivity index is 2.04. The second kappa shape index (κ2) is 7.30. The molecule has 5 heteroatoms. The van der Waals surface area contributed by atoms with Gasteiger partial charge in [-0.3, -0.25) is 4.79 Å². The van der Waals surface area contributed by atoms with Crippen molar-refractivity contribution in [3.05, 3.63) is 28.2 Å². The number of halogens is 2. The molecule has 0 bridgehead atoms. The van der Waals surface area contributed by atoms with E-state index < -0.39 is 0 Å². The van der Waals surface area contributed by atoms with Crippen LogP contribution in [0.5, 0.6) is 0 Å². The molecule has 3 nitrogen and oxygen atoms in total. The number of anilines is 1. The van der Waals surface area contributed by atoms with Crippen molar-refractivity contribution in [1.82, 2.24) is 5.32 Å². The maximum Gasteiger partial charge on any atom is 0.227 e. The van der Waals surface area contributed by atoms with Gasteiger partial charge < -0.3 is 10.6 Å². The first kappa shape index (κ1) is 15.6. The number of piperidine rings is 1. The van der Waals surface area contributed by atoms with Crippen LogP contribution in [0.15, 0.2) is 18.2 Å². The average molecular weight is 315 g/mol. The third kappa shape index (κ3) is 3.87. The lowest BCUT2D eigenvalue weighted by atomic mass is 9.82. The molecular weight excluding hydrogens is 295 g/mol. The van der Waals surface area contributed by atoms with Crippen molar-refractivity contribution in [2.75, 3.05) is 18.4 Å². The monoisotopic (exact) mass is 314 g/mol. The Kier molecular flexibility index (Phi) is 5.70. The van der Waals surface area contributed by atoms with Gasteiger partial charge in [-0.2, -0.15) is 0 Å². The predicted molar refractivity (Wildman–Crippen MR) is 84.5 cm³/mol. The minimum atomic E-state index is 0.0452. The first-order chi connectivity index (χ1) is 9.61. The van der Waals surface area contributed by atoms with E-state index in [1.54, 1.807) is 18.2 Å². The van der Waals surface area contributed by atoms with Gasteiger partial charge in [0.05, 0.1) is 10.7 Å². The molecule has 1 aromatic rings. The van der Waals surface area contributed by atoms with Crippen molar-refractivity contribution in [2.45, 2.75) is 26.2 Å². The number of amides is 1. The fourth-order valence-corrected chi connectivity index (χ4v) is 3.25. The normalized spacial score (nSPS) is 17.8. The maximum absolute atomic E-state index is 12.5. The SMILES string of the molecule is CCC(C(=O)Nc1ccc(Cl)cc1Cl)C1CCNCC1. The zero-order valence-corrected chi connectivity index (χ0v) is 13.1. The van der Waals surface area contributed by atoms with E-state index in [1.807, 2.05) is 0 Å². The highest BCUT2D eigenvalue weighted by Crippen LogP contribution is 2.29. The molecule has 1 unspecified atom stereocenters. The molecule has 1 atom stereocenters. The van der Waals surface area contributed by atoms with Crippen LogP contribution in [0, 0.1) is 11.8 Å². The lowest BCUT2D eigenvalue weighted by molar-refractivity contribution is -0.121. The standard InChI is InChI=1S/C15H20Cl2N2O/c1-2-12(10-5-7-18-8-6-10)15(20)19-14-4-3-11(16)9-13(14)17/h3-4,9-10,12,18H,2,5-8H2,1H3,(H,19,20). The van der Waals surface area contributed by atoms with Gasteiger partial charge in [0.25, 0.3) is 0 Å². The van der Waals surface area contributed by atoms with Gasteiger partial charge in [-0.05, 0) is 56.5 Å². The number of nitrogens with one attached hydrogen (secondary N) is 2. The van der Waals surface area contributed by atoms with Gasteiger partial charge in [0, 0.05) is 10.9 Å². The van der Waals surface area contributed by atoms with Crippen molar-refractivity contribution in [1.29, 1.82) is 0 Å². The van der Waals surface area contributed by atoms with Crippen LogP contribution < -0.4 is 10.6 Å². The predicted octanol–water partition coefficient (Wildman–Crippen LogP) is 3.96. The van der Waals surface area contributed by atoms with Crippen molar-refractivity contribution in [2.24, 2.45) is 11.8 Å². The molecule has 1 saturated heterocycles. The Hall–Kier alpha value is -0.770. The summed E-state index contributed by atoms with van der Waals surface area (Å²) in [5.41, 5.74) is 0.633. The van der Waals surface area contributed by atoms with E-state index in [0.717, 1.165) is 32.4 Å². The lowest BCUT2D eigenvalue weighted by Gasteiger charge is -2.29. The zero-order chi connectivity index (χ0) is 14.5. The molecule has 0 saturated carbocycles. The second-order valence-corrected chi connectivity index (χ2v) is 6.06. The summed E-state index contributed by atoms with van der Waals surface area (Å²) < 4.78 is 0. The summed E-state index contributed by atoms with van der Waals surface area (Å²) in [4.78, 5) is 12.5. The third-order valence-electron chi connectivity index (χ3n) is 3.92. The van der Waals surface area contributed by atoms with E-state index >= 15 is 0 Å². The Morgan fingerprint density at radius 2 is 2.10 bits per heavy atom. The smallest absolute Gasteiger partial charge is 0.227 e. The topological polar surface area (TPSA) is 41.1 Å². The van der Waals surface area contributed by atoms with Crippen LogP contribution in [0.2, 0.25) is 10.0 Å². The quantitative estimate of drug-likeness (QED) is 0.883. The highest BCUT2D eigenvalue weighted by Gasteiger charge is 2.28. The van der Waals surface area contributed by atoms with E-state index in [1.165, 1.54) is 0 Å². The van der Waals surface area contributed by atoms with Crippen molar-refractivity contribution in [3.63, 3.8) is 0 Å². The molecular formula is C15H20Cl2N2O. The minimum absolute atomic E-state index is 0.0452. The van der Waals surface area contributed by atoms with Gasteiger partial charge in [0.15, 0.2) is 0 Å². The molecule has 1 heterocycles. The van der Waals surface area contributed by atoms with E-state index in [-0.39, 0.29) is 11.8 Å². The summed E-state index contributed by atoms with van der Waals surface area (Å²) in [5, 5.41) is 7.31. The fraction of sp³-hybridized carbons (Fsp3) is 0.533. The van der Waals surface area contributed by atoms with Crippen molar-refractivity contribution < 1.29 is 4.79 Å². The van der Waals surface area contributed by atoms with Crippen LogP contribution in [0.4, 0.5) is 5.69 Å². The zero-order valence-electron chi connectivity index (χ0n) is 11.6. The van der Waals surface area contributed by atoms with Crippen LogP contribution in [0.3, 0.4) is 0 Å². The van der Waals surface area contributed by atoms with Gasteiger partial charge >= 0.3 is 0 Å². The van der Waals surface area contributed by atoms with E-state index in [2.05, 4.69) is 17.6 Å². The number of carbonyl (C=O) groups excluding carboxylic acids is 1. The summed E-state index contributed by atoms with van der Waals surface area (Å²) >= 11 is 12.0. The first-order valence-electron chi connectivity index (χ1n) is 7.08. The van der Waals surface area contributed by atoms with E-state index in [4.69, 9.17) is 23.2 Å². The highest BCUT2D eigenvalue weighted by molar-refractivity contribution is 6.36. The molecule has 2 rings (SSSR count). The van der Waals surface area contributed by atoms with Crippen LogP contribution in [0.1, 0.15) is 26.2 Å². The summed E-state index contributed by atoms with van der Waals surface area (Å²) in [6.45, 7) is 4.06. The molecule has 2 N–H and O–H groups in total. The van der Waals surface area contributed by atoms with Crippen LogP contribution >= 0.6 is 23.2 Å². The number of hydrogen-bond acceptors (Lipinski definition) is 2. The summed E-state index contributed by atoms with van der Waals surface area (Å²) in [6.07, 6.45) is 2.96. The highest BCUT2D eigenvalue weighted by atomic mass is 35.5. The largest absolute Gasteiger partial charge is 0.325 e. The Morgan fingerprint density at radius 1 is 1.40 bits per heavy atom. The van der Waals surface area contributed by atoms with Crippen LogP contribution in [-0.4, -0.2) is 19.0 Å². The van der Waals surface area contributed by atoms with Crippen molar-refractivity contribution >= 4 is 34.8 Å². The maximum atomic E-state index is 12.5. The van der Waals surface area contributed by atoms with E-state index in [0.29, 0.717) is 21.7 Å². The Morgan fingerprint density at radius 3 is 2.70 bits per heavy atom. The van der Waals surface area contributed by atoms with Crippen LogP contribution in [-0.2, 0) is 4.79 Å². The molecule has 20 heavy (non-hydrogen) atoms. The molecule has 1 aromatic carbocycles. The van der Waals surface area contributed by atoms with Gasteiger partial charge in [-0.15, -0.1) is 0 Å². The summed E-state index contributed by atoms with van der Waals surface area (Å²) in [7, 11) is 0. The van der Waals surface area contributed by atoms with Crippen molar-refractivity contribution in [3.8, 4) is 0 Å². The van der Waals surface area contributed by atoms with Crippen LogP contribution in [0.25, 0.3) is 0 Å². The second-order valence-electron chi connectivity index (χ2n) is 5.22. The van der Waals surface area contributed by atoms with Gasteiger partial charge in [0.1, 0.15) is 0 Å². The van der Waals surface area contributed by atoms with E-state index in [9.17, 15) is 4.79 Å². The van der Waals surface area contributed by atoms with Gasteiger partial charge in [0.2, 0.25) is 5.91 Å². The minimum Gasteiger partial charge on any atom is -0.325 e. The fourth-order valence-electron chi connectivity index (χ4n) is 2.80. The molecule has 1 amide bonds. The molecule has 0 aliphatic carbocycles. The molecule has 1 aliphatic heterocycles.